The van der Waals surface area contributed by atoms with E-state index in [9.17, 15) is 0 Å². The van der Waals surface area contributed by atoms with Crippen LogP contribution in [-0.2, 0) is 0 Å². The fourth-order valence-electron chi connectivity index (χ4n) is 5.91. The lowest BCUT2D eigenvalue weighted by atomic mass is 10.0. The summed E-state index contributed by atoms with van der Waals surface area (Å²) in [7, 11) is 0. The summed E-state index contributed by atoms with van der Waals surface area (Å²) in [5, 5.41) is 5.13. The predicted molar refractivity (Wildman–Crippen MR) is 182 cm³/mol. The molecule has 0 saturated heterocycles. The molecule has 0 fully saturated rings. The van der Waals surface area contributed by atoms with Crippen LogP contribution in [0.2, 0.25) is 0 Å². The van der Waals surface area contributed by atoms with Crippen molar-refractivity contribution in [1.29, 1.82) is 0 Å². The molecular weight excluding hydrogens is 527 g/mol. The molecule has 2 heteroatoms. The average Bonchev–Trinajstić information content (AvgIpc) is 3.44. The number of rotatable bonds is 5. The third-order valence-electron chi connectivity index (χ3n) is 8.06. The maximum absolute atomic E-state index is 2.37. The first-order chi connectivity index (χ1) is 20.8. The molecule has 0 atom stereocenters. The SMILES string of the molecule is c1ccc(-c2ccc(N(c3ccc(-c4ccc5ccccc5c4)cc3)c3ccc4sc5ccccc5c4c3)cc2)cc1. The minimum absolute atomic E-state index is 1.13. The van der Waals surface area contributed by atoms with Crippen molar-refractivity contribution < 1.29 is 0 Å². The third-order valence-corrected chi connectivity index (χ3v) is 9.21. The second-order valence-electron chi connectivity index (χ2n) is 10.6. The van der Waals surface area contributed by atoms with E-state index in [1.807, 2.05) is 11.3 Å². The molecule has 0 N–H and O–H groups in total. The van der Waals surface area contributed by atoms with Gasteiger partial charge in [0.05, 0.1) is 0 Å². The molecule has 0 unspecified atom stereocenters. The zero-order valence-corrected chi connectivity index (χ0v) is 23.8. The molecule has 0 radical (unpaired) electrons. The number of hydrogen-bond acceptors (Lipinski definition) is 2. The van der Waals surface area contributed by atoms with Gasteiger partial charge in [0.15, 0.2) is 0 Å². The van der Waals surface area contributed by atoms with Crippen LogP contribution in [0.5, 0.6) is 0 Å². The summed E-state index contributed by atoms with van der Waals surface area (Å²) in [6.45, 7) is 0. The Morgan fingerprint density at radius 3 is 1.64 bits per heavy atom. The Morgan fingerprint density at radius 2 is 0.881 bits per heavy atom. The number of anilines is 3. The van der Waals surface area contributed by atoms with Gasteiger partial charge in [-0.3, -0.25) is 0 Å². The van der Waals surface area contributed by atoms with E-state index in [-0.39, 0.29) is 0 Å². The quantitative estimate of drug-likeness (QED) is 0.205. The molecule has 0 saturated carbocycles. The fraction of sp³-hybridized carbons (Fsp3) is 0. The first-order valence-corrected chi connectivity index (χ1v) is 15.1. The summed E-state index contributed by atoms with van der Waals surface area (Å²) in [5.41, 5.74) is 8.29. The van der Waals surface area contributed by atoms with Crippen molar-refractivity contribution >= 4 is 59.3 Å². The van der Waals surface area contributed by atoms with Crippen molar-refractivity contribution in [2.75, 3.05) is 4.90 Å². The average molecular weight is 554 g/mol. The molecule has 0 bridgehead atoms. The van der Waals surface area contributed by atoms with Gasteiger partial charge in [-0.15, -0.1) is 11.3 Å². The minimum Gasteiger partial charge on any atom is -0.310 e. The van der Waals surface area contributed by atoms with Crippen molar-refractivity contribution in [2.24, 2.45) is 0 Å². The van der Waals surface area contributed by atoms with E-state index in [0.717, 1.165) is 17.1 Å². The second kappa shape index (κ2) is 10.3. The van der Waals surface area contributed by atoms with E-state index in [0.29, 0.717) is 0 Å². The van der Waals surface area contributed by atoms with Crippen LogP contribution in [0.25, 0.3) is 53.2 Å². The molecule has 1 aromatic heterocycles. The molecule has 198 valence electrons. The van der Waals surface area contributed by atoms with E-state index in [1.54, 1.807) is 0 Å². The normalized spacial score (nSPS) is 11.3. The van der Waals surface area contributed by atoms with Gasteiger partial charge >= 0.3 is 0 Å². The number of fused-ring (bicyclic) bond motifs is 4. The second-order valence-corrected chi connectivity index (χ2v) is 11.7. The molecular formula is C40H27NS. The molecule has 0 spiro atoms. The van der Waals surface area contributed by atoms with Crippen LogP contribution in [0.4, 0.5) is 17.1 Å². The van der Waals surface area contributed by atoms with Crippen molar-refractivity contribution in [3.05, 3.63) is 164 Å². The number of nitrogens with zero attached hydrogens (tertiary/aromatic N) is 1. The molecule has 0 aliphatic rings. The lowest BCUT2D eigenvalue weighted by Crippen LogP contribution is -2.09. The largest absolute Gasteiger partial charge is 0.310 e. The molecule has 0 amide bonds. The monoisotopic (exact) mass is 553 g/mol. The third kappa shape index (κ3) is 4.43. The zero-order chi connectivity index (χ0) is 27.9. The summed E-state index contributed by atoms with van der Waals surface area (Å²) < 4.78 is 2.63. The van der Waals surface area contributed by atoms with Gasteiger partial charge < -0.3 is 4.90 Å². The van der Waals surface area contributed by atoms with E-state index in [4.69, 9.17) is 0 Å². The topological polar surface area (TPSA) is 3.24 Å². The fourth-order valence-corrected chi connectivity index (χ4v) is 6.99. The van der Waals surface area contributed by atoms with Crippen LogP contribution in [0.15, 0.2) is 164 Å². The minimum atomic E-state index is 1.13. The van der Waals surface area contributed by atoms with Crippen molar-refractivity contribution in [2.45, 2.75) is 0 Å². The van der Waals surface area contributed by atoms with Crippen LogP contribution in [0.1, 0.15) is 0 Å². The highest BCUT2D eigenvalue weighted by Crippen LogP contribution is 2.41. The molecule has 0 aliphatic carbocycles. The number of benzene rings is 7. The predicted octanol–water partition coefficient (Wildman–Crippen LogP) is 12.0. The molecule has 7 aromatic carbocycles. The van der Waals surface area contributed by atoms with Gasteiger partial charge in [0.2, 0.25) is 0 Å². The van der Waals surface area contributed by atoms with Crippen LogP contribution < -0.4 is 4.90 Å². The van der Waals surface area contributed by atoms with E-state index in [1.165, 1.54) is 53.2 Å². The highest BCUT2D eigenvalue weighted by molar-refractivity contribution is 7.25. The Morgan fingerprint density at radius 1 is 0.333 bits per heavy atom. The molecule has 8 rings (SSSR count). The number of thiophene rings is 1. The van der Waals surface area contributed by atoms with Crippen LogP contribution in [-0.4, -0.2) is 0 Å². The Labute approximate surface area is 249 Å². The van der Waals surface area contributed by atoms with Gasteiger partial charge in [-0.05, 0) is 87.6 Å². The molecule has 42 heavy (non-hydrogen) atoms. The van der Waals surface area contributed by atoms with E-state index >= 15 is 0 Å². The molecule has 8 aromatic rings. The Kier molecular flexibility index (Phi) is 6.05. The van der Waals surface area contributed by atoms with Crippen LogP contribution in [0, 0.1) is 0 Å². The Balaban J connectivity index is 1.23. The molecule has 1 heterocycles. The first-order valence-electron chi connectivity index (χ1n) is 14.3. The highest BCUT2D eigenvalue weighted by Gasteiger charge is 2.15. The van der Waals surface area contributed by atoms with Crippen molar-refractivity contribution in [1.82, 2.24) is 0 Å². The maximum Gasteiger partial charge on any atom is 0.0468 e. The van der Waals surface area contributed by atoms with Crippen LogP contribution >= 0.6 is 11.3 Å². The molecule has 0 aliphatic heterocycles. The van der Waals surface area contributed by atoms with Gasteiger partial charge in [0.1, 0.15) is 0 Å². The van der Waals surface area contributed by atoms with Crippen molar-refractivity contribution in [3.63, 3.8) is 0 Å². The lowest BCUT2D eigenvalue weighted by Gasteiger charge is -2.26. The van der Waals surface area contributed by atoms with Gasteiger partial charge in [-0.25, -0.2) is 0 Å². The van der Waals surface area contributed by atoms with E-state index < -0.39 is 0 Å². The summed E-state index contributed by atoms with van der Waals surface area (Å²) in [6.07, 6.45) is 0. The maximum atomic E-state index is 2.37. The van der Waals surface area contributed by atoms with Crippen molar-refractivity contribution in [3.8, 4) is 22.3 Å². The summed E-state index contributed by atoms with van der Waals surface area (Å²) >= 11 is 1.86. The van der Waals surface area contributed by atoms with Gasteiger partial charge in [-0.2, -0.15) is 0 Å². The summed E-state index contributed by atoms with van der Waals surface area (Å²) in [4.78, 5) is 2.37. The molecule has 1 nitrogen and oxygen atoms in total. The van der Waals surface area contributed by atoms with Gasteiger partial charge in [0, 0.05) is 37.2 Å². The zero-order valence-electron chi connectivity index (χ0n) is 22.9. The van der Waals surface area contributed by atoms with Gasteiger partial charge in [0.25, 0.3) is 0 Å². The lowest BCUT2D eigenvalue weighted by molar-refractivity contribution is 1.29. The van der Waals surface area contributed by atoms with Crippen LogP contribution in [0.3, 0.4) is 0 Å². The van der Waals surface area contributed by atoms with E-state index in [2.05, 4.69) is 169 Å². The standard InChI is InChI=1S/C40H27NS/c1-2-8-28(9-3-1)30-16-20-34(21-17-30)41(36-24-25-40-38(27-36)37-12-6-7-13-39(37)42-40)35-22-18-31(19-23-35)33-15-14-29-10-4-5-11-32(29)26-33/h1-27H. The summed E-state index contributed by atoms with van der Waals surface area (Å²) in [6, 6.07) is 59.2. The van der Waals surface area contributed by atoms with Gasteiger partial charge in [-0.1, -0.05) is 109 Å². The Hall–Kier alpha value is -5.18. The Bertz CT molecular complexity index is 2180. The number of hydrogen-bond donors (Lipinski definition) is 0. The smallest absolute Gasteiger partial charge is 0.0468 e. The first kappa shape index (κ1) is 24.6. The highest BCUT2D eigenvalue weighted by atomic mass is 32.1. The summed E-state index contributed by atoms with van der Waals surface area (Å²) in [5.74, 6) is 0.